The van der Waals surface area contributed by atoms with E-state index < -0.39 is 11.6 Å². The van der Waals surface area contributed by atoms with Gasteiger partial charge in [0.15, 0.2) is 11.6 Å². The third-order valence-corrected chi connectivity index (χ3v) is 3.81. The molecule has 0 aromatic heterocycles. The van der Waals surface area contributed by atoms with Gasteiger partial charge in [0.25, 0.3) is 0 Å². The number of hydrogen-bond acceptors (Lipinski definition) is 2. The Morgan fingerprint density at radius 3 is 3.00 bits per heavy atom. The maximum Gasteiger partial charge on any atom is 0.224 e. The van der Waals surface area contributed by atoms with Gasteiger partial charge in [0.05, 0.1) is 6.42 Å². The molecule has 0 aliphatic carbocycles. The molecule has 2 rings (SSSR count). The van der Waals surface area contributed by atoms with Crippen LogP contribution in [0.5, 0.6) is 0 Å². The molecule has 1 heterocycles. The van der Waals surface area contributed by atoms with Crippen LogP contribution >= 0.6 is 0 Å². The molecule has 2 N–H and O–H groups in total. The molecule has 1 amide bonds. The number of hydrogen-bond donors (Lipinski definition) is 2. The molecule has 5 heteroatoms. The maximum atomic E-state index is 13.5. The summed E-state index contributed by atoms with van der Waals surface area (Å²) in [7, 11) is 0. The van der Waals surface area contributed by atoms with Gasteiger partial charge in [0.1, 0.15) is 0 Å². The molecule has 2 unspecified atom stereocenters. The van der Waals surface area contributed by atoms with E-state index in [0.717, 1.165) is 32.0 Å². The lowest BCUT2D eigenvalue weighted by molar-refractivity contribution is -0.121. The summed E-state index contributed by atoms with van der Waals surface area (Å²) in [6.45, 7) is 3.86. The average molecular weight is 282 g/mol. The Morgan fingerprint density at radius 1 is 1.50 bits per heavy atom. The van der Waals surface area contributed by atoms with E-state index in [2.05, 4.69) is 10.6 Å². The zero-order valence-electron chi connectivity index (χ0n) is 11.6. The predicted octanol–water partition coefficient (Wildman–Crippen LogP) is 2.01. The molecule has 1 fully saturated rings. The van der Waals surface area contributed by atoms with Gasteiger partial charge >= 0.3 is 0 Å². The van der Waals surface area contributed by atoms with E-state index in [9.17, 15) is 13.6 Å². The molecule has 0 spiro atoms. The molecule has 1 aliphatic heterocycles. The van der Waals surface area contributed by atoms with Crippen LogP contribution in [0.4, 0.5) is 8.78 Å². The lowest BCUT2D eigenvalue weighted by Gasteiger charge is -2.29. The van der Waals surface area contributed by atoms with Crippen LogP contribution in [0.15, 0.2) is 18.2 Å². The highest BCUT2D eigenvalue weighted by molar-refractivity contribution is 5.78. The number of amides is 1. The molecule has 110 valence electrons. The molecule has 0 bridgehead atoms. The second-order valence-corrected chi connectivity index (χ2v) is 5.35. The standard InChI is InChI=1S/C15H20F2N2O/c1-10(12-5-3-7-18-9-12)19-14(20)8-11-4-2-6-13(16)15(11)17/h2,4,6,10,12,18H,3,5,7-9H2,1H3,(H,19,20). The number of carbonyl (C=O) groups excluding carboxylic acids is 1. The Morgan fingerprint density at radius 2 is 2.30 bits per heavy atom. The van der Waals surface area contributed by atoms with Crippen molar-refractivity contribution in [3.63, 3.8) is 0 Å². The van der Waals surface area contributed by atoms with E-state index in [1.807, 2.05) is 6.92 Å². The lowest BCUT2D eigenvalue weighted by atomic mass is 9.92. The van der Waals surface area contributed by atoms with Gasteiger partial charge in [-0.15, -0.1) is 0 Å². The SMILES string of the molecule is CC(NC(=O)Cc1cccc(F)c1F)C1CCCNC1. The number of benzene rings is 1. The van der Waals surface area contributed by atoms with Gasteiger partial charge in [0.2, 0.25) is 5.91 Å². The Hall–Kier alpha value is -1.49. The first-order valence-corrected chi connectivity index (χ1v) is 7.01. The maximum absolute atomic E-state index is 13.5. The first-order chi connectivity index (χ1) is 9.58. The van der Waals surface area contributed by atoms with E-state index in [1.54, 1.807) is 0 Å². The second kappa shape index (κ2) is 6.79. The van der Waals surface area contributed by atoms with Crippen molar-refractivity contribution in [1.82, 2.24) is 10.6 Å². The van der Waals surface area contributed by atoms with E-state index in [-0.39, 0.29) is 23.9 Å². The van der Waals surface area contributed by atoms with E-state index in [0.29, 0.717) is 5.92 Å². The summed E-state index contributed by atoms with van der Waals surface area (Å²) >= 11 is 0. The third kappa shape index (κ3) is 3.76. The monoisotopic (exact) mass is 282 g/mol. The summed E-state index contributed by atoms with van der Waals surface area (Å²) in [6, 6.07) is 3.93. The summed E-state index contributed by atoms with van der Waals surface area (Å²) in [6.07, 6.45) is 2.04. The molecular weight excluding hydrogens is 262 g/mol. The normalized spacial score (nSPS) is 20.4. The fourth-order valence-electron chi connectivity index (χ4n) is 2.59. The van der Waals surface area contributed by atoms with Gasteiger partial charge < -0.3 is 10.6 Å². The highest BCUT2D eigenvalue weighted by Gasteiger charge is 2.21. The molecule has 1 aliphatic rings. The van der Waals surface area contributed by atoms with Crippen LogP contribution in [0.3, 0.4) is 0 Å². The minimum atomic E-state index is -0.936. The van der Waals surface area contributed by atoms with Crippen LogP contribution < -0.4 is 10.6 Å². The van der Waals surface area contributed by atoms with Crippen molar-refractivity contribution in [2.45, 2.75) is 32.2 Å². The molecule has 20 heavy (non-hydrogen) atoms. The molecular formula is C15H20F2N2O. The smallest absolute Gasteiger partial charge is 0.224 e. The topological polar surface area (TPSA) is 41.1 Å². The first kappa shape index (κ1) is 14.9. The van der Waals surface area contributed by atoms with E-state index >= 15 is 0 Å². The van der Waals surface area contributed by atoms with Gasteiger partial charge in [-0.2, -0.15) is 0 Å². The van der Waals surface area contributed by atoms with Crippen LogP contribution in [0.2, 0.25) is 0 Å². The van der Waals surface area contributed by atoms with Crippen molar-refractivity contribution in [2.75, 3.05) is 13.1 Å². The van der Waals surface area contributed by atoms with Crippen molar-refractivity contribution in [3.05, 3.63) is 35.4 Å². The van der Waals surface area contributed by atoms with Gasteiger partial charge in [-0.25, -0.2) is 8.78 Å². The fraction of sp³-hybridized carbons (Fsp3) is 0.533. The van der Waals surface area contributed by atoms with Crippen LogP contribution in [0, 0.1) is 17.6 Å². The minimum Gasteiger partial charge on any atom is -0.353 e. The summed E-state index contributed by atoms with van der Waals surface area (Å²) in [4.78, 5) is 11.9. The quantitative estimate of drug-likeness (QED) is 0.887. The van der Waals surface area contributed by atoms with Crippen molar-refractivity contribution in [1.29, 1.82) is 0 Å². The fourth-order valence-corrected chi connectivity index (χ4v) is 2.59. The van der Waals surface area contributed by atoms with Crippen LogP contribution in [-0.4, -0.2) is 25.0 Å². The zero-order chi connectivity index (χ0) is 14.5. The summed E-state index contributed by atoms with van der Waals surface area (Å²) in [5.41, 5.74) is 0.0940. The number of piperidine rings is 1. The zero-order valence-corrected chi connectivity index (χ0v) is 11.6. The number of carbonyl (C=O) groups is 1. The van der Waals surface area contributed by atoms with E-state index in [4.69, 9.17) is 0 Å². The van der Waals surface area contributed by atoms with Crippen LogP contribution in [0.1, 0.15) is 25.3 Å². The van der Waals surface area contributed by atoms with Crippen LogP contribution in [-0.2, 0) is 11.2 Å². The Labute approximate surface area is 117 Å². The molecule has 0 radical (unpaired) electrons. The van der Waals surface area contributed by atoms with Gasteiger partial charge in [-0.1, -0.05) is 12.1 Å². The molecule has 1 saturated heterocycles. The molecule has 2 atom stereocenters. The Bertz CT molecular complexity index is 473. The van der Waals surface area contributed by atoms with Gasteiger partial charge in [0, 0.05) is 11.6 Å². The van der Waals surface area contributed by atoms with Gasteiger partial charge in [-0.3, -0.25) is 4.79 Å². The van der Waals surface area contributed by atoms with Crippen molar-refractivity contribution < 1.29 is 13.6 Å². The van der Waals surface area contributed by atoms with Crippen LogP contribution in [0.25, 0.3) is 0 Å². The molecule has 1 aromatic rings. The number of rotatable bonds is 4. The number of nitrogens with one attached hydrogen (secondary N) is 2. The molecule has 3 nitrogen and oxygen atoms in total. The largest absolute Gasteiger partial charge is 0.353 e. The second-order valence-electron chi connectivity index (χ2n) is 5.35. The highest BCUT2D eigenvalue weighted by Crippen LogP contribution is 2.15. The predicted molar refractivity (Wildman–Crippen MR) is 73.3 cm³/mol. The number of halogens is 2. The van der Waals surface area contributed by atoms with Crippen molar-refractivity contribution in [2.24, 2.45) is 5.92 Å². The van der Waals surface area contributed by atoms with Crippen molar-refractivity contribution in [3.8, 4) is 0 Å². The average Bonchev–Trinajstić information content (AvgIpc) is 2.45. The minimum absolute atomic E-state index is 0.0342. The third-order valence-electron chi connectivity index (χ3n) is 3.81. The summed E-state index contributed by atoms with van der Waals surface area (Å²) < 4.78 is 26.6. The first-order valence-electron chi connectivity index (χ1n) is 7.01. The summed E-state index contributed by atoms with van der Waals surface area (Å²) in [5, 5.41) is 6.17. The summed E-state index contributed by atoms with van der Waals surface area (Å²) in [5.74, 6) is -1.73. The van der Waals surface area contributed by atoms with E-state index in [1.165, 1.54) is 12.1 Å². The van der Waals surface area contributed by atoms with Crippen molar-refractivity contribution >= 4 is 5.91 Å². The lowest BCUT2D eigenvalue weighted by Crippen LogP contribution is -2.45. The van der Waals surface area contributed by atoms with Gasteiger partial charge in [-0.05, 0) is 44.8 Å². The molecule has 0 saturated carbocycles. The Balaban J connectivity index is 1.90. The molecule has 1 aromatic carbocycles. The Kier molecular flexibility index (Phi) is 5.06. The highest BCUT2D eigenvalue weighted by atomic mass is 19.2.